The molecule has 0 spiro atoms. The number of thiazole rings is 1. The van der Waals surface area contributed by atoms with E-state index in [1.54, 1.807) is 16.2 Å². The largest absolute Gasteiger partial charge is 0.391 e. The molecule has 1 fully saturated rings. The van der Waals surface area contributed by atoms with Crippen molar-refractivity contribution < 1.29 is 14.7 Å². The Morgan fingerprint density at radius 2 is 1.97 bits per heavy atom. The molecule has 1 saturated heterocycles. The van der Waals surface area contributed by atoms with E-state index in [0.29, 0.717) is 6.54 Å². The van der Waals surface area contributed by atoms with Crippen LogP contribution in [0.1, 0.15) is 58.2 Å². The zero-order valence-electron chi connectivity index (χ0n) is 20.9. The van der Waals surface area contributed by atoms with Crippen LogP contribution in [0, 0.1) is 12.3 Å². The highest BCUT2D eigenvalue weighted by Crippen LogP contribution is 2.28. The number of carbonyl (C=O) groups is 2. The maximum Gasteiger partial charge on any atom is 0.243 e. The molecule has 2 heterocycles. The van der Waals surface area contributed by atoms with Crippen molar-refractivity contribution in [1.82, 2.24) is 20.5 Å². The molecule has 3 N–H and O–H groups in total. The average Bonchev–Trinajstić information content (AvgIpc) is 3.39. The van der Waals surface area contributed by atoms with Crippen molar-refractivity contribution in [3.8, 4) is 10.4 Å². The number of benzene rings is 1. The monoisotopic (exact) mass is 486 g/mol. The Bertz CT molecular complexity index is 967. The number of β-amino-alcohol motifs (C(OH)–C–C–N with tert-alkyl or cyclic N) is 1. The molecule has 0 radical (unpaired) electrons. The fourth-order valence-corrected chi connectivity index (χ4v) is 5.13. The van der Waals surface area contributed by atoms with Crippen LogP contribution in [-0.2, 0) is 16.1 Å². The van der Waals surface area contributed by atoms with Crippen molar-refractivity contribution in [2.45, 2.75) is 78.6 Å². The van der Waals surface area contributed by atoms with Crippen molar-refractivity contribution in [3.63, 3.8) is 0 Å². The Balaban J connectivity index is 1.64. The number of amides is 2. The molecule has 0 unspecified atom stereocenters. The van der Waals surface area contributed by atoms with Crippen molar-refractivity contribution in [2.24, 2.45) is 5.41 Å². The summed E-state index contributed by atoms with van der Waals surface area (Å²) in [6, 6.07) is 6.98. The number of unbranched alkanes of at least 4 members (excludes halogenated alkanes) is 1. The van der Waals surface area contributed by atoms with Gasteiger partial charge in [0.25, 0.3) is 0 Å². The van der Waals surface area contributed by atoms with E-state index in [1.165, 1.54) is 0 Å². The highest BCUT2D eigenvalue weighted by atomic mass is 32.1. The average molecular weight is 487 g/mol. The van der Waals surface area contributed by atoms with Crippen LogP contribution in [0.2, 0.25) is 0 Å². The first-order chi connectivity index (χ1) is 16.1. The lowest BCUT2D eigenvalue weighted by Crippen LogP contribution is -2.56. The van der Waals surface area contributed by atoms with E-state index in [0.717, 1.165) is 41.1 Å². The van der Waals surface area contributed by atoms with E-state index in [9.17, 15) is 14.7 Å². The lowest BCUT2D eigenvalue weighted by Gasteiger charge is -2.35. The topological polar surface area (TPSA) is 94.6 Å². The van der Waals surface area contributed by atoms with Gasteiger partial charge in [0, 0.05) is 19.5 Å². The molecule has 1 aromatic carbocycles. The lowest BCUT2D eigenvalue weighted by atomic mass is 9.85. The molecule has 1 aliphatic heterocycles. The summed E-state index contributed by atoms with van der Waals surface area (Å²) in [5.41, 5.74) is 4.62. The molecule has 0 saturated carbocycles. The summed E-state index contributed by atoms with van der Waals surface area (Å²) >= 11 is 1.61. The van der Waals surface area contributed by atoms with Crippen molar-refractivity contribution in [3.05, 3.63) is 41.0 Å². The van der Waals surface area contributed by atoms with Crippen LogP contribution in [0.5, 0.6) is 0 Å². The van der Waals surface area contributed by atoms with Crippen LogP contribution < -0.4 is 10.6 Å². The van der Waals surface area contributed by atoms with Gasteiger partial charge in [-0.25, -0.2) is 4.98 Å². The first-order valence-electron chi connectivity index (χ1n) is 12.1. The second-order valence-corrected chi connectivity index (χ2v) is 11.0. The minimum absolute atomic E-state index is 0.121. The molecule has 186 valence electrons. The predicted molar refractivity (Wildman–Crippen MR) is 136 cm³/mol. The van der Waals surface area contributed by atoms with E-state index < -0.39 is 18.2 Å². The SMILES string of the molecule is CCCCN[C@H](C(=O)N1C[C@H](O)C[C@H]1C(=O)NCc1ccc(-c2scnc2C)cc1)C(C)(C)C. The summed E-state index contributed by atoms with van der Waals surface area (Å²) < 4.78 is 0. The van der Waals surface area contributed by atoms with E-state index in [2.05, 4.69) is 22.5 Å². The maximum atomic E-state index is 13.5. The van der Waals surface area contributed by atoms with Crippen molar-refractivity contribution >= 4 is 23.2 Å². The first-order valence-corrected chi connectivity index (χ1v) is 13.0. The molecule has 7 nitrogen and oxygen atoms in total. The third-order valence-electron chi connectivity index (χ3n) is 6.28. The Kier molecular flexibility index (Phi) is 8.84. The zero-order chi connectivity index (χ0) is 24.9. The fraction of sp³-hybridized carbons (Fsp3) is 0.577. The molecular formula is C26H38N4O3S. The summed E-state index contributed by atoms with van der Waals surface area (Å²) in [5, 5.41) is 16.6. The third kappa shape index (κ3) is 6.43. The standard InChI is InChI=1S/C26H38N4O3S/c1-6-7-12-27-23(26(3,4)5)25(33)30-15-20(31)13-21(30)24(32)28-14-18-8-10-19(11-9-18)22-17(2)29-16-34-22/h8-11,16,20-21,23,27,31H,6-7,12-15H2,1-5H3,(H,28,32)/t20-,21+,23-/m1/s1. The molecule has 8 heteroatoms. The molecule has 2 aromatic rings. The molecule has 34 heavy (non-hydrogen) atoms. The second-order valence-electron chi connectivity index (χ2n) is 10.2. The number of likely N-dealkylation sites (tertiary alicyclic amines) is 1. The highest BCUT2D eigenvalue weighted by molar-refractivity contribution is 7.13. The molecule has 1 aromatic heterocycles. The Labute approximate surface area is 207 Å². The summed E-state index contributed by atoms with van der Waals surface area (Å²) in [4.78, 5) is 33.5. The number of nitrogens with zero attached hydrogens (tertiary/aromatic N) is 2. The van der Waals surface area contributed by atoms with Crippen LogP contribution in [-0.4, -0.2) is 58.1 Å². The van der Waals surface area contributed by atoms with Gasteiger partial charge in [-0.2, -0.15) is 0 Å². The normalized spacial score (nSPS) is 19.3. The number of rotatable bonds is 9. The van der Waals surface area contributed by atoms with Gasteiger partial charge in [0.2, 0.25) is 11.8 Å². The van der Waals surface area contributed by atoms with Gasteiger partial charge in [0.05, 0.1) is 28.2 Å². The van der Waals surface area contributed by atoms with Gasteiger partial charge in [-0.15, -0.1) is 11.3 Å². The van der Waals surface area contributed by atoms with Crippen molar-refractivity contribution in [2.75, 3.05) is 13.1 Å². The number of carbonyl (C=O) groups excluding carboxylic acids is 2. The second kappa shape index (κ2) is 11.4. The van der Waals surface area contributed by atoms with Crippen LogP contribution in [0.25, 0.3) is 10.4 Å². The molecule has 0 aliphatic carbocycles. The molecule has 2 amide bonds. The smallest absolute Gasteiger partial charge is 0.243 e. The predicted octanol–water partition coefficient (Wildman–Crippen LogP) is 3.50. The van der Waals surface area contributed by atoms with Gasteiger partial charge in [-0.3, -0.25) is 9.59 Å². The zero-order valence-corrected chi connectivity index (χ0v) is 21.7. The van der Waals surface area contributed by atoms with Gasteiger partial charge in [0.15, 0.2) is 0 Å². The first kappa shape index (κ1) is 26.3. The number of aryl methyl sites for hydroxylation is 1. The number of aromatic nitrogens is 1. The van der Waals surface area contributed by atoms with E-state index in [1.807, 2.05) is 57.5 Å². The van der Waals surface area contributed by atoms with E-state index in [4.69, 9.17) is 0 Å². The number of nitrogens with one attached hydrogen (secondary N) is 2. The van der Waals surface area contributed by atoms with Gasteiger partial charge in [-0.05, 0) is 36.4 Å². The number of aliphatic hydroxyl groups is 1. The summed E-state index contributed by atoms with van der Waals surface area (Å²) in [7, 11) is 0. The maximum absolute atomic E-state index is 13.5. The Morgan fingerprint density at radius 3 is 2.56 bits per heavy atom. The number of hydrogen-bond donors (Lipinski definition) is 3. The summed E-state index contributed by atoms with van der Waals surface area (Å²) in [6.45, 7) is 11.5. The molecule has 0 bridgehead atoms. The molecular weight excluding hydrogens is 448 g/mol. The number of aliphatic hydroxyl groups excluding tert-OH is 1. The van der Waals surface area contributed by atoms with Gasteiger partial charge in [0.1, 0.15) is 6.04 Å². The third-order valence-corrected chi connectivity index (χ3v) is 7.26. The van der Waals surface area contributed by atoms with Gasteiger partial charge in [-0.1, -0.05) is 58.4 Å². The van der Waals surface area contributed by atoms with E-state index >= 15 is 0 Å². The van der Waals surface area contributed by atoms with Crippen molar-refractivity contribution in [1.29, 1.82) is 0 Å². The Morgan fingerprint density at radius 1 is 1.26 bits per heavy atom. The van der Waals surface area contributed by atoms with Gasteiger partial charge < -0.3 is 20.6 Å². The minimum Gasteiger partial charge on any atom is -0.391 e. The summed E-state index contributed by atoms with van der Waals surface area (Å²) in [6.07, 6.45) is 1.58. The highest BCUT2D eigenvalue weighted by Gasteiger charge is 2.43. The number of hydrogen-bond acceptors (Lipinski definition) is 6. The lowest BCUT2D eigenvalue weighted by molar-refractivity contribution is -0.142. The van der Waals surface area contributed by atoms with Crippen LogP contribution in [0.15, 0.2) is 29.8 Å². The minimum atomic E-state index is -0.696. The molecule has 3 atom stereocenters. The molecule has 3 rings (SSSR count). The molecule has 1 aliphatic rings. The van der Waals surface area contributed by atoms with Crippen LogP contribution >= 0.6 is 11.3 Å². The van der Waals surface area contributed by atoms with E-state index in [-0.39, 0.29) is 30.2 Å². The fourth-order valence-electron chi connectivity index (χ4n) is 4.32. The summed E-state index contributed by atoms with van der Waals surface area (Å²) in [5.74, 6) is -0.349. The van der Waals surface area contributed by atoms with Crippen LogP contribution in [0.4, 0.5) is 0 Å². The Hall–Kier alpha value is -2.29. The van der Waals surface area contributed by atoms with Crippen LogP contribution in [0.3, 0.4) is 0 Å². The quantitative estimate of drug-likeness (QED) is 0.472. The van der Waals surface area contributed by atoms with Gasteiger partial charge >= 0.3 is 0 Å².